The van der Waals surface area contributed by atoms with Crippen molar-refractivity contribution in [3.63, 3.8) is 0 Å². The Bertz CT molecular complexity index is 1090. The lowest BCUT2D eigenvalue weighted by Gasteiger charge is -2.18. The van der Waals surface area contributed by atoms with Crippen molar-refractivity contribution < 1.29 is 14.3 Å². The molecule has 0 saturated carbocycles. The fourth-order valence-corrected chi connectivity index (χ4v) is 3.55. The van der Waals surface area contributed by atoms with Gasteiger partial charge in [-0.1, -0.05) is 35.9 Å². The topological polar surface area (TPSA) is 70.7 Å². The smallest absolute Gasteiger partial charge is 0.323 e. The summed E-state index contributed by atoms with van der Waals surface area (Å²) < 4.78 is 5.26. The summed E-state index contributed by atoms with van der Waals surface area (Å²) in [5.41, 5.74) is 4.88. The summed E-state index contributed by atoms with van der Waals surface area (Å²) in [6.45, 7) is 2.62. The second-order valence-electron chi connectivity index (χ2n) is 7.20. The van der Waals surface area contributed by atoms with Crippen molar-refractivity contribution in [2.24, 2.45) is 0 Å². The molecule has 30 heavy (non-hydrogen) atoms. The number of methoxy groups -OCH3 is 1. The van der Waals surface area contributed by atoms with Crippen LogP contribution in [0, 0.1) is 6.92 Å². The summed E-state index contributed by atoms with van der Waals surface area (Å²) in [5.74, 6) is 0.542. The van der Waals surface area contributed by atoms with Gasteiger partial charge in [0, 0.05) is 23.5 Å². The van der Waals surface area contributed by atoms with Gasteiger partial charge in [0.1, 0.15) is 5.75 Å². The van der Waals surface area contributed by atoms with Gasteiger partial charge in [-0.25, -0.2) is 4.79 Å². The Balaban J connectivity index is 1.51. The van der Waals surface area contributed by atoms with E-state index >= 15 is 0 Å². The third-order valence-electron chi connectivity index (χ3n) is 5.14. The van der Waals surface area contributed by atoms with Crippen LogP contribution in [0.4, 0.5) is 21.9 Å². The Labute approximate surface area is 175 Å². The lowest BCUT2D eigenvalue weighted by molar-refractivity contribution is 0.0989. The van der Waals surface area contributed by atoms with E-state index in [1.807, 2.05) is 61.5 Å². The van der Waals surface area contributed by atoms with Crippen LogP contribution in [0.15, 0.2) is 66.7 Å². The zero-order chi connectivity index (χ0) is 21.1. The van der Waals surface area contributed by atoms with Crippen LogP contribution < -0.4 is 20.3 Å². The summed E-state index contributed by atoms with van der Waals surface area (Å²) in [6.07, 6.45) is 0.792. The SMILES string of the molecule is COc1ccccc1NC(=O)Nc1ccc2c(c1)N(C(=O)c1ccc(C)cc1)CC2. The largest absolute Gasteiger partial charge is 0.495 e. The van der Waals surface area contributed by atoms with Crippen molar-refractivity contribution in [3.8, 4) is 5.75 Å². The molecule has 0 aromatic heterocycles. The molecule has 6 heteroatoms. The highest BCUT2D eigenvalue weighted by Crippen LogP contribution is 2.32. The Morgan fingerprint density at radius 1 is 0.967 bits per heavy atom. The van der Waals surface area contributed by atoms with E-state index in [4.69, 9.17) is 4.74 Å². The first-order valence-electron chi connectivity index (χ1n) is 9.77. The Hall–Kier alpha value is -3.80. The number of aryl methyl sites for hydroxylation is 1. The number of amides is 3. The van der Waals surface area contributed by atoms with E-state index < -0.39 is 0 Å². The molecule has 0 atom stereocenters. The van der Waals surface area contributed by atoms with Crippen LogP contribution in [0.2, 0.25) is 0 Å². The van der Waals surface area contributed by atoms with Crippen molar-refractivity contribution in [2.45, 2.75) is 13.3 Å². The summed E-state index contributed by atoms with van der Waals surface area (Å²) >= 11 is 0. The van der Waals surface area contributed by atoms with Gasteiger partial charge in [0.15, 0.2) is 0 Å². The van der Waals surface area contributed by atoms with E-state index in [1.54, 1.807) is 24.1 Å². The molecular weight excluding hydrogens is 378 g/mol. The highest BCUT2D eigenvalue weighted by molar-refractivity contribution is 6.08. The number of para-hydroxylation sites is 2. The number of benzene rings is 3. The number of hydrogen-bond acceptors (Lipinski definition) is 3. The van der Waals surface area contributed by atoms with Gasteiger partial charge < -0.3 is 20.3 Å². The van der Waals surface area contributed by atoms with E-state index in [1.165, 1.54) is 0 Å². The molecule has 4 rings (SSSR count). The first-order chi connectivity index (χ1) is 14.5. The summed E-state index contributed by atoms with van der Waals surface area (Å²) in [6, 6.07) is 20.0. The number of nitrogens with zero attached hydrogens (tertiary/aromatic N) is 1. The van der Waals surface area contributed by atoms with E-state index in [2.05, 4.69) is 10.6 Å². The maximum atomic E-state index is 13.0. The predicted octanol–water partition coefficient (Wildman–Crippen LogP) is 4.85. The fourth-order valence-electron chi connectivity index (χ4n) is 3.55. The van der Waals surface area contributed by atoms with Gasteiger partial charge in [-0.05, 0) is 55.3 Å². The molecule has 3 amide bonds. The minimum Gasteiger partial charge on any atom is -0.495 e. The molecule has 6 nitrogen and oxygen atoms in total. The number of rotatable bonds is 4. The summed E-state index contributed by atoms with van der Waals surface area (Å²) in [5, 5.41) is 5.62. The van der Waals surface area contributed by atoms with Gasteiger partial charge in [0.2, 0.25) is 0 Å². The van der Waals surface area contributed by atoms with Crippen LogP contribution >= 0.6 is 0 Å². The molecule has 3 aromatic rings. The van der Waals surface area contributed by atoms with Gasteiger partial charge in [-0.3, -0.25) is 4.79 Å². The minimum absolute atomic E-state index is 0.0376. The molecule has 3 aromatic carbocycles. The quantitative estimate of drug-likeness (QED) is 0.656. The molecule has 2 N–H and O–H groups in total. The summed E-state index contributed by atoms with van der Waals surface area (Å²) in [7, 11) is 1.55. The first-order valence-corrected chi connectivity index (χ1v) is 9.77. The third-order valence-corrected chi connectivity index (χ3v) is 5.14. The standard InChI is InChI=1S/C24H23N3O3/c1-16-7-9-18(10-8-16)23(28)27-14-13-17-11-12-19(15-21(17)27)25-24(29)26-20-5-3-4-6-22(20)30-2/h3-12,15H,13-14H2,1-2H3,(H2,25,26,29). The number of anilines is 3. The molecule has 0 aliphatic carbocycles. The van der Waals surface area contributed by atoms with Crippen molar-refractivity contribution in [1.82, 2.24) is 0 Å². The van der Waals surface area contributed by atoms with E-state index in [0.29, 0.717) is 29.2 Å². The van der Waals surface area contributed by atoms with Crippen LogP contribution in [0.25, 0.3) is 0 Å². The van der Waals surface area contributed by atoms with Gasteiger partial charge in [0.25, 0.3) is 5.91 Å². The molecule has 0 saturated heterocycles. The van der Waals surface area contributed by atoms with E-state index in [0.717, 1.165) is 23.2 Å². The lowest BCUT2D eigenvalue weighted by atomic mass is 10.1. The lowest BCUT2D eigenvalue weighted by Crippen LogP contribution is -2.29. The fraction of sp³-hybridized carbons (Fsp3) is 0.167. The first kappa shape index (κ1) is 19.5. The van der Waals surface area contributed by atoms with Gasteiger partial charge in [0.05, 0.1) is 12.8 Å². The Morgan fingerprint density at radius 2 is 1.73 bits per heavy atom. The third kappa shape index (κ3) is 3.98. The van der Waals surface area contributed by atoms with Gasteiger partial charge >= 0.3 is 6.03 Å². The predicted molar refractivity (Wildman–Crippen MR) is 119 cm³/mol. The number of carbonyl (C=O) groups excluding carboxylic acids is 2. The zero-order valence-corrected chi connectivity index (χ0v) is 16.9. The van der Waals surface area contributed by atoms with Crippen LogP contribution in [-0.4, -0.2) is 25.6 Å². The average Bonchev–Trinajstić information content (AvgIpc) is 3.17. The number of ether oxygens (including phenoxy) is 1. The van der Waals surface area contributed by atoms with Crippen molar-refractivity contribution in [3.05, 3.63) is 83.4 Å². The highest BCUT2D eigenvalue weighted by Gasteiger charge is 2.26. The number of carbonyl (C=O) groups is 2. The van der Waals surface area contributed by atoms with Crippen molar-refractivity contribution in [2.75, 3.05) is 29.2 Å². The molecule has 152 valence electrons. The van der Waals surface area contributed by atoms with Crippen molar-refractivity contribution in [1.29, 1.82) is 0 Å². The second-order valence-corrected chi connectivity index (χ2v) is 7.20. The van der Waals surface area contributed by atoms with Gasteiger partial charge in [-0.15, -0.1) is 0 Å². The normalized spacial score (nSPS) is 12.3. The molecule has 0 radical (unpaired) electrons. The zero-order valence-electron chi connectivity index (χ0n) is 16.9. The van der Waals surface area contributed by atoms with Crippen LogP contribution in [0.1, 0.15) is 21.5 Å². The van der Waals surface area contributed by atoms with Crippen molar-refractivity contribution >= 4 is 29.0 Å². The molecule has 1 aliphatic heterocycles. The second kappa shape index (κ2) is 8.29. The van der Waals surface area contributed by atoms with E-state index in [-0.39, 0.29) is 11.9 Å². The highest BCUT2D eigenvalue weighted by atomic mass is 16.5. The minimum atomic E-state index is -0.381. The molecule has 0 bridgehead atoms. The van der Waals surface area contributed by atoms with Crippen LogP contribution in [-0.2, 0) is 6.42 Å². The maximum absolute atomic E-state index is 13.0. The molecule has 1 heterocycles. The monoisotopic (exact) mass is 401 g/mol. The summed E-state index contributed by atoms with van der Waals surface area (Å²) in [4.78, 5) is 27.2. The molecular formula is C24H23N3O3. The van der Waals surface area contributed by atoms with Crippen LogP contribution in [0.5, 0.6) is 5.75 Å². The molecule has 0 unspecified atom stereocenters. The molecule has 0 fully saturated rings. The van der Waals surface area contributed by atoms with Gasteiger partial charge in [-0.2, -0.15) is 0 Å². The number of urea groups is 1. The number of hydrogen-bond donors (Lipinski definition) is 2. The molecule has 0 spiro atoms. The Morgan fingerprint density at radius 3 is 2.50 bits per heavy atom. The Kier molecular flexibility index (Phi) is 5.39. The number of fused-ring (bicyclic) bond motifs is 1. The molecule has 1 aliphatic rings. The van der Waals surface area contributed by atoms with E-state index in [9.17, 15) is 9.59 Å². The average molecular weight is 401 g/mol. The van der Waals surface area contributed by atoms with Crippen LogP contribution in [0.3, 0.4) is 0 Å². The maximum Gasteiger partial charge on any atom is 0.323 e. The number of nitrogens with one attached hydrogen (secondary N) is 2.